The molecule has 0 radical (unpaired) electrons. The maximum absolute atomic E-state index is 12.7. The number of rotatable bonds is 3. The molecule has 0 spiro atoms. The lowest BCUT2D eigenvalue weighted by Gasteiger charge is -2.37. The molecule has 1 saturated heterocycles. The Labute approximate surface area is 123 Å². The fourth-order valence-electron chi connectivity index (χ4n) is 2.63. The minimum absolute atomic E-state index is 0.0920. The minimum Gasteiger partial charge on any atom is -0.368 e. The Hall–Kier alpha value is -1.49. The van der Waals surface area contributed by atoms with E-state index in [-0.39, 0.29) is 5.91 Å². The van der Waals surface area contributed by atoms with Crippen LogP contribution in [0.4, 0.5) is 0 Å². The van der Waals surface area contributed by atoms with E-state index < -0.39 is 11.9 Å². The number of nitrogens with zero attached hydrogens (tertiary/aromatic N) is 1. The van der Waals surface area contributed by atoms with Crippen molar-refractivity contribution >= 4 is 23.6 Å². The van der Waals surface area contributed by atoms with E-state index in [1.807, 2.05) is 30.5 Å². The summed E-state index contributed by atoms with van der Waals surface area (Å²) in [6.45, 7) is 2.68. The topological polar surface area (TPSA) is 63.4 Å². The molecule has 2 atom stereocenters. The number of amides is 2. The summed E-state index contributed by atoms with van der Waals surface area (Å²) in [5, 5.41) is 0. The summed E-state index contributed by atoms with van der Waals surface area (Å²) in [5.41, 5.74) is 6.12. The van der Waals surface area contributed by atoms with Gasteiger partial charge in [0.25, 0.3) is 5.91 Å². The fourth-order valence-corrected chi connectivity index (χ4v) is 3.22. The molecule has 2 N–H and O–H groups in total. The number of hydrogen-bond acceptors (Lipinski definition) is 3. The molecule has 1 aliphatic heterocycles. The van der Waals surface area contributed by atoms with Crippen molar-refractivity contribution in [2.24, 2.45) is 11.7 Å². The maximum atomic E-state index is 12.7. The third-order valence-electron chi connectivity index (χ3n) is 3.79. The lowest BCUT2D eigenvalue weighted by Crippen LogP contribution is -2.52. The van der Waals surface area contributed by atoms with Crippen molar-refractivity contribution in [1.82, 2.24) is 4.90 Å². The zero-order valence-electron chi connectivity index (χ0n) is 11.8. The first kappa shape index (κ1) is 14.9. The van der Waals surface area contributed by atoms with Crippen LogP contribution in [0.1, 0.15) is 30.1 Å². The number of likely N-dealkylation sites (tertiary alicyclic amines) is 1. The fraction of sp³-hybridized carbons (Fsp3) is 0.467. The van der Waals surface area contributed by atoms with Crippen molar-refractivity contribution in [2.75, 3.05) is 12.8 Å². The monoisotopic (exact) mass is 292 g/mol. The molecule has 0 aliphatic carbocycles. The van der Waals surface area contributed by atoms with Crippen LogP contribution in [0.5, 0.6) is 0 Å². The van der Waals surface area contributed by atoms with E-state index in [0.717, 1.165) is 11.3 Å². The van der Waals surface area contributed by atoms with Crippen molar-refractivity contribution in [3.8, 4) is 0 Å². The van der Waals surface area contributed by atoms with Gasteiger partial charge in [-0.1, -0.05) is 19.1 Å². The predicted molar refractivity (Wildman–Crippen MR) is 80.6 cm³/mol. The number of carbonyl (C=O) groups is 2. The van der Waals surface area contributed by atoms with Gasteiger partial charge in [-0.3, -0.25) is 9.59 Å². The Morgan fingerprint density at radius 3 is 2.70 bits per heavy atom. The standard InChI is InChI=1S/C15H20N2O2S/c1-10-7-8-17(12(9-10)14(16)18)15(19)11-5-3-4-6-13(11)20-2/h3-6,10,12H,7-9H2,1-2H3,(H2,16,18)/t10-,12-/m1/s1. The number of hydrogen-bond donors (Lipinski definition) is 1. The maximum Gasteiger partial charge on any atom is 0.255 e. The molecule has 1 fully saturated rings. The molecule has 1 aromatic carbocycles. The van der Waals surface area contributed by atoms with Crippen molar-refractivity contribution in [1.29, 1.82) is 0 Å². The zero-order valence-corrected chi connectivity index (χ0v) is 12.7. The largest absolute Gasteiger partial charge is 0.368 e. The molecule has 4 nitrogen and oxygen atoms in total. The van der Waals surface area contributed by atoms with Gasteiger partial charge in [-0.25, -0.2) is 0 Å². The van der Waals surface area contributed by atoms with Gasteiger partial charge in [0.05, 0.1) is 5.56 Å². The molecule has 2 rings (SSSR count). The molecule has 0 unspecified atom stereocenters. The zero-order chi connectivity index (χ0) is 14.7. The normalized spacial score (nSPS) is 22.6. The van der Waals surface area contributed by atoms with Gasteiger partial charge in [-0.2, -0.15) is 0 Å². The number of primary amides is 1. The molecule has 108 valence electrons. The number of nitrogens with two attached hydrogens (primary N) is 1. The second kappa shape index (κ2) is 6.31. The average molecular weight is 292 g/mol. The van der Waals surface area contributed by atoms with Gasteiger partial charge in [0, 0.05) is 11.4 Å². The predicted octanol–water partition coefficient (Wildman–Crippen LogP) is 2.13. The van der Waals surface area contributed by atoms with Crippen LogP contribution >= 0.6 is 11.8 Å². The molecule has 0 saturated carbocycles. The van der Waals surface area contributed by atoms with E-state index in [9.17, 15) is 9.59 Å². The van der Waals surface area contributed by atoms with E-state index in [1.54, 1.807) is 4.90 Å². The molecular formula is C15H20N2O2S. The van der Waals surface area contributed by atoms with Crippen LogP contribution in [0.25, 0.3) is 0 Å². The average Bonchev–Trinajstić information content (AvgIpc) is 2.46. The van der Waals surface area contributed by atoms with E-state index >= 15 is 0 Å². The van der Waals surface area contributed by atoms with Crippen LogP contribution in [0, 0.1) is 5.92 Å². The Morgan fingerprint density at radius 2 is 2.05 bits per heavy atom. The highest BCUT2D eigenvalue weighted by Crippen LogP contribution is 2.27. The van der Waals surface area contributed by atoms with E-state index in [0.29, 0.717) is 24.4 Å². The highest BCUT2D eigenvalue weighted by molar-refractivity contribution is 7.98. The quantitative estimate of drug-likeness (QED) is 0.868. The van der Waals surface area contributed by atoms with Crippen LogP contribution in [-0.4, -0.2) is 35.6 Å². The van der Waals surface area contributed by atoms with Gasteiger partial charge in [0.2, 0.25) is 5.91 Å². The Kier molecular flexibility index (Phi) is 4.70. The molecule has 5 heteroatoms. The first-order valence-corrected chi connectivity index (χ1v) is 8.00. The number of piperidine rings is 1. The van der Waals surface area contributed by atoms with Crippen LogP contribution < -0.4 is 5.73 Å². The third kappa shape index (κ3) is 2.98. The molecule has 1 aliphatic rings. The summed E-state index contributed by atoms with van der Waals surface area (Å²) in [7, 11) is 0. The SMILES string of the molecule is CSc1ccccc1C(=O)N1CC[C@@H](C)C[C@@H]1C(N)=O. The molecule has 0 bridgehead atoms. The third-order valence-corrected chi connectivity index (χ3v) is 4.59. The molecule has 20 heavy (non-hydrogen) atoms. The molecule has 1 aromatic rings. The van der Waals surface area contributed by atoms with E-state index in [2.05, 4.69) is 6.92 Å². The van der Waals surface area contributed by atoms with Crippen LogP contribution in [0.15, 0.2) is 29.2 Å². The molecule has 0 aromatic heterocycles. The summed E-state index contributed by atoms with van der Waals surface area (Å²) in [5.74, 6) is -0.0791. The first-order chi connectivity index (χ1) is 9.54. The minimum atomic E-state index is -0.485. The second-order valence-corrected chi connectivity index (χ2v) is 6.09. The Morgan fingerprint density at radius 1 is 1.35 bits per heavy atom. The summed E-state index contributed by atoms with van der Waals surface area (Å²) >= 11 is 1.53. The van der Waals surface area contributed by atoms with Crippen molar-refractivity contribution in [3.05, 3.63) is 29.8 Å². The highest BCUT2D eigenvalue weighted by Gasteiger charge is 2.34. The van der Waals surface area contributed by atoms with Gasteiger partial charge in [0.15, 0.2) is 0 Å². The van der Waals surface area contributed by atoms with Gasteiger partial charge in [-0.05, 0) is 37.1 Å². The van der Waals surface area contributed by atoms with Gasteiger partial charge in [0.1, 0.15) is 6.04 Å². The molecule has 1 heterocycles. The lowest BCUT2D eigenvalue weighted by molar-refractivity contribution is -0.124. The summed E-state index contributed by atoms with van der Waals surface area (Å²) in [6, 6.07) is 7.00. The van der Waals surface area contributed by atoms with Gasteiger partial charge < -0.3 is 10.6 Å². The van der Waals surface area contributed by atoms with Crippen molar-refractivity contribution < 1.29 is 9.59 Å². The number of carbonyl (C=O) groups excluding carboxylic acids is 2. The Balaban J connectivity index is 2.29. The second-order valence-electron chi connectivity index (χ2n) is 5.25. The van der Waals surface area contributed by atoms with Crippen LogP contribution in [0.3, 0.4) is 0 Å². The summed E-state index contributed by atoms with van der Waals surface area (Å²) < 4.78 is 0. The first-order valence-electron chi connectivity index (χ1n) is 6.78. The van der Waals surface area contributed by atoms with E-state index in [1.165, 1.54) is 11.8 Å². The van der Waals surface area contributed by atoms with Crippen molar-refractivity contribution in [3.63, 3.8) is 0 Å². The highest BCUT2D eigenvalue weighted by atomic mass is 32.2. The van der Waals surface area contributed by atoms with Gasteiger partial charge >= 0.3 is 0 Å². The summed E-state index contributed by atoms with van der Waals surface area (Å²) in [4.78, 5) is 26.9. The molecule has 2 amide bonds. The summed E-state index contributed by atoms with van der Waals surface area (Å²) in [6.07, 6.45) is 3.51. The smallest absolute Gasteiger partial charge is 0.255 e. The van der Waals surface area contributed by atoms with Gasteiger partial charge in [-0.15, -0.1) is 11.8 Å². The number of benzene rings is 1. The number of thioether (sulfide) groups is 1. The van der Waals surface area contributed by atoms with Crippen LogP contribution in [0.2, 0.25) is 0 Å². The van der Waals surface area contributed by atoms with E-state index in [4.69, 9.17) is 5.73 Å². The molecular weight excluding hydrogens is 272 g/mol. The van der Waals surface area contributed by atoms with Crippen molar-refractivity contribution in [2.45, 2.75) is 30.7 Å². The Bertz CT molecular complexity index is 518. The lowest BCUT2D eigenvalue weighted by atomic mass is 9.91. The van der Waals surface area contributed by atoms with Crippen LogP contribution in [-0.2, 0) is 4.79 Å².